The van der Waals surface area contributed by atoms with Crippen molar-refractivity contribution < 1.29 is 9.47 Å². The molecule has 0 unspecified atom stereocenters. The van der Waals surface area contributed by atoms with E-state index in [1.807, 2.05) is 24.3 Å². The van der Waals surface area contributed by atoms with Crippen LogP contribution in [0, 0.1) is 12.3 Å². The minimum Gasteiger partial charge on any atom is -0.486 e. The molecule has 1 aromatic rings. The van der Waals surface area contributed by atoms with Crippen molar-refractivity contribution in [3.8, 4) is 11.5 Å². The molecule has 2 aliphatic rings. The molecule has 1 fully saturated rings. The Kier molecular flexibility index (Phi) is 3.40. The first kappa shape index (κ1) is 12.8. The summed E-state index contributed by atoms with van der Waals surface area (Å²) >= 11 is 0. The number of hydrogen-bond donors (Lipinski definition) is 0. The number of para-hydroxylation sites is 2. The molecule has 3 heteroatoms. The van der Waals surface area contributed by atoms with Gasteiger partial charge < -0.3 is 9.47 Å². The third kappa shape index (κ3) is 3.03. The van der Waals surface area contributed by atoms with Crippen molar-refractivity contribution in [2.75, 3.05) is 26.2 Å². The van der Waals surface area contributed by atoms with Gasteiger partial charge in [-0.05, 0) is 43.9 Å². The van der Waals surface area contributed by atoms with E-state index < -0.39 is 0 Å². The van der Waals surface area contributed by atoms with Gasteiger partial charge in [-0.2, -0.15) is 0 Å². The first-order chi connectivity index (χ1) is 9.12. The standard InChI is InChI=1S/C16H22NO2/c1-16(2)8-5-9-17(12-16)10-13-11-18-14-6-3-4-7-15(14)19-13/h3-4,6-7,13H,1,5,8-12H2,2H3/t13-,16-/m0/s1. The highest BCUT2D eigenvalue weighted by atomic mass is 16.6. The number of fused-ring (bicyclic) bond motifs is 1. The van der Waals surface area contributed by atoms with Crippen molar-refractivity contribution in [2.45, 2.75) is 25.9 Å². The van der Waals surface area contributed by atoms with E-state index in [4.69, 9.17) is 9.47 Å². The van der Waals surface area contributed by atoms with Gasteiger partial charge >= 0.3 is 0 Å². The summed E-state index contributed by atoms with van der Waals surface area (Å²) in [5.41, 5.74) is 0.186. The van der Waals surface area contributed by atoms with Crippen LogP contribution in [0.25, 0.3) is 0 Å². The average Bonchev–Trinajstić information content (AvgIpc) is 2.37. The topological polar surface area (TPSA) is 21.7 Å². The van der Waals surface area contributed by atoms with Gasteiger partial charge in [0, 0.05) is 13.1 Å². The second kappa shape index (κ2) is 5.04. The summed E-state index contributed by atoms with van der Waals surface area (Å²) in [6.07, 6.45) is 2.57. The van der Waals surface area contributed by atoms with Crippen LogP contribution in [0.2, 0.25) is 0 Å². The Bertz CT molecular complexity index is 444. The second-order valence-electron chi connectivity index (χ2n) is 6.15. The van der Waals surface area contributed by atoms with E-state index in [0.717, 1.165) is 31.1 Å². The lowest BCUT2D eigenvalue weighted by molar-refractivity contribution is 0.0368. The van der Waals surface area contributed by atoms with E-state index in [1.165, 1.54) is 12.8 Å². The third-order valence-electron chi connectivity index (χ3n) is 3.89. The molecule has 1 saturated heterocycles. The van der Waals surface area contributed by atoms with E-state index in [0.29, 0.717) is 6.61 Å². The zero-order valence-corrected chi connectivity index (χ0v) is 11.6. The zero-order chi connectivity index (χ0) is 13.3. The van der Waals surface area contributed by atoms with Crippen LogP contribution in [0.3, 0.4) is 0 Å². The lowest BCUT2D eigenvalue weighted by Gasteiger charge is -2.40. The Morgan fingerprint density at radius 1 is 1.37 bits per heavy atom. The number of nitrogens with zero attached hydrogens (tertiary/aromatic N) is 1. The maximum absolute atomic E-state index is 6.02. The molecule has 0 saturated carbocycles. The monoisotopic (exact) mass is 260 g/mol. The van der Waals surface area contributed by atoms with Gasteiger partial charge in [-0.3, -0.25) is 4.90 Å². The van der Waals surface area contributed by atoms with Crippen molar-refractivity contribution in [2.24, 2.45) is 5.41 Å². The van der Waals surface area contributed by atoms with Crippen molar-refractivity contribution >= 4 is 0 Å². The summed E-state index contributed by atoms with van der Waals surface area (Å²) in [6.45, 7) is 10.3. The van der Waals surface area contributed by atoms with Crippen LogP contribution in [0.1, 0.15) is 19.8 Å². The molecule has 3 nitrogen and oxygen atoms in total. The molecular weight excluding hydrogens is 238 g/mol. The normalized spacial score (nSPS) is 26.1. The molecule has 0 aliphatic carbocycles. The first-order valence-corrected chi connectivity index (χ1v) is 7.09. The fourth-order valence-corrected chi connectivity index (χ4v) is 3.02. The fraction of sp³-hybridized carbons (Fsp3) is 0.562. The van der Waals surface area contributed by atoms with Crippen LogP contribution in [-0.2, 0) is 0 Å². The highest BCUT2D eigenvalue weighted by Crippen LogP contribution is 2.32. The molecule has 0 amide bonds. The Labute approximate surface area is 115 Å². The highest BCUT2D eigenvalue weighted by molar-refractivity contribution is 5.40. The van der Waals surface area contributed by atoms with E-state index in [2.05, 4.69) is 18.7 Å². The van der Waals surface area contributed by atoms with Gasteiger partial charge in [0.05, 0.1) is 0 Å². The Morgan fingerprint density at radius 2 is 2.16 bits per heavy atom. The van der Waals surface area contributed by atoms with Crippen molar-refractivity contribution in [3.63, 3.8) is 0 Å². The summed E-state index contributed by atoms with van der Waals surface area (Å²) in [4.78, 5) is 2.46. The largest absolute Gasteiger partial charge is 0.486 e. The maximum atomic E-state index is 6.02. The van der Waals surface area contributed by atoms with Crippen LogP contribution >= 0.6 is 0 Å². The minimum absolute atomic E-state index is 0.129. The van der Waals surface area contributed by atoms with Crippen LogP contribution in [0.4, 0.5) is 0 Å². The molecular formula is C16H22NO2. The summed E-state index contributed by atoms with van der Waals surface area (Å²) in [5.74, 6) is 1.73. The molecule has 0 N–H and O–H groups in total. The molecule has 1 radical (unpaired) electrons. The van der Waals surface area contributed by atoms with E-state index >= 15 is 0 Å². The number of ether oxygens (including phenoxy) is 2. The van der Waals surface area contributed by atoms with Gasteiger partial charge in [0.25, 0.3) is 0 Å². The van der Waals surface area contributed by atoms with Crippen molar-refractivity contribution in [1.29, 1.82) is 0 Å². The molecule has 0 spiro atoms. The molecule has 0 aromatic heterocycles. The lowest BCUT2D eigenvalue weighted by atomic mass is 9.84. The van der Waals surface area contributed by atoms with Crippen molar-refractivity contribution in [1.82, 2.24) is 4.90 Å². The van der Waals surface area contributed by atoms with Crippen LogP contribution in [0.15, 0.2) is 24.3 Å². The third-order valence-corrected chi connectivity index (χ3v) is 3.89. The number of likely N-dealkylation sites (tertiary alicyclic amines) is 1. The van der Waals surface area contributed by atoms with Gasteiger partial charge in [-0.1, -0.05) is 19.1 Å². The number of piperidine rings is 1. The van der Waals surface area contributed by atoms with Crippen LogP contribution < -0.4 is 9.47 Å². The minimum atomic E-state index is 0.129. The van der Waals surface area contributed by atoms with E-state index in [1.54, 1.807) is 0 Å². The predicted octanol–water partition coefficient (Wildman–Crippen LogP) is 2.76. The Balaban J connectivity index is 1.60. The molecule has 103 valence electrons. The predicted molar refractivity (Wildman–Crippen MR) is 75.5 cm³/mol. The van der Waals surface area contributed by atoms with Gasteiger partial charge in [0.1, 0.15) is 12.7 Å². The zero-order valence-electron chi connectivity index (χ0n) is 11.6. The number of benzene rings is 1. The first-order valence-electron chi connectivity index (χ1n) is 7.09. The number of rotatable bonds is 2. The maximum Gasteiger partial charge on any atom is 0.161 e. The van der Waals surface area contributed by atoms with E-state index in [-0.39, 0.29) is 11.5 Å². The summed E-state index contributed by atoms with van der Waals surface area (Å²) < 4.78 is 11.8. The van der Waals surface area contributed by atoms with Gasteiger partial charge in [0.15, 0.2) is 11.5 Å². The molecule has 2 atom stereocenters. The molecule has 19 heavy (non-hydrogen) atoms. The fourth-order valence-electron chi connectivity index (χ4n) is 3.02. The molecule has 3 rings (SSSR count). The Hall–Kier alpha value is -1.22. The smallest absolute Gasteiger partial charge is 0.161 e. The van der Waals surface area contributed by atoms with Gasteiger partial charge in [0.2, 0.25) is 0 Å². The Morgan fingerprint density at radius 3 is 2.95 bits per heavy atom. The molecule has 2 heterocycles. The number of hydrogen-bond acceptors (Lipinski definition) is 3. The lowest BCUT2D eigenvalue weighted by Crippen LogP contribution is -2.47. The quantitative estimate of drug-likeness (QED) is 0.816. The van der Waals surface area contributed by atoms with Crippen molar-refractivity contribution in [3.05, 3.63) is 31.2 Å². The summed E-state index contributed by atoms with van der Waals surface area (Å²) in [5, 5.41) is 0. The van der Waals surface area contributed by atoms with Gasteiger partial charge in [-0.25, -0.2) is 0 Å². The molecule has 1 aromatic carbocycles. The van der Waals surface area contributed by atoms with Crippen LogP contribution in [-0.4, -0.2) is 37.2 Å². The SMILES string of the molecule is [CH2][C@]1(C)CCCN(C[C@H]2COc3ccccc3O2)C1. The summed E-state index contributed by atoms with van der Waals surface area (Å²) in [6, 6.07) is 7.89. The molecule has 0 bridgehead atoms. The molecule has 2 aliphatic heterocycles. The second-order valence-corrected chi connectivity index (χ2v) is 6.15. The average molecular weight is 260 g/mol. The van der Waals surface area contributed by atoms with Crippen LogP contribution in [0.5, 0.6) is 11.5 Å². The summed E-state index contributed by atoms with van der Waals surface area (Å²) in [7, 11) is 0. The van der Waals surface area contributed by atoms with E-state index in [9.17, 15) is 0 Å². The van der Waals surface area contributed by atoms with Gasteiger partial charge in [-0.15, -0.1) is 0 Å². The highest BCUT2D eigenvalue weighted by Gasteiger charge is 2.29.